The molecule has 0 saturated heterocycles. The van der Waals surface area contributed by atoms with E-state index in [9.17, 15) is 14.4 Å². The molecule has 0 N–H and O–H groups in total. The Morgan fingerprint density at radius 3 is 1.47 bits per heavy atom. The van der Waals surface area contributed by atoms with Gasteiger partial charge in [0.2, 0.25) is 0 Å². The van der Waals surface area contributed by atoms with Crippen LogP contribution in [0.3, 0.4) is 0 Å². The smallest absolute Gasteiger partial charge is 0.180 e. The van der Waals surface area contributed by atoms with Crippen LogP contribution in [0.4, 0.5) is 0 Å². The van der Waals surface area contributed by atoms with Crippen molar-refractivity contribution >= 4 is 17.3 Å². The SMILES string of the molecule is CC(=O)c1nnnc(C(C)=O)c1C(C)=O. The lowest BCUT2D eigenvalue weighted by Gasteiger charge is -2.03. The van der Waals surface area contributed by atoms with Crippen molar-refractivity contribution in [2.24, 2.45) is 0 Å². The van der Waals surface area contributed by atoms with Gasteiger partial charge in [-0.1, -0.05) is 0 Å². The largest absolute Gasteiger partial charge is 0.294 e. The van der Waals surface area contributed by atoms with E-state index in [1.807, 2.05) is 0 Å². The summed E-state index contributed by atoms with van der Waals surface area (Å²) in [6.45, 7) is 3.75. The van der Waals surface area contributed by atoms with E-state index in [-0.39, 0.29) is 17.0 Å². The van der Waals surface area contributed by atoms with E-state index in [1.54, 1.807) is 0 Å². The fraction of sp³-hybridized carbons (Fsp3) is 0.333. The summed E-state index contributed by atoms with van der Waals surface area (Å²) in [6.07, 6.45) is 0. The Hall–Kier alpha value is -1.98. The first-order valence-electron chi connectivity index (χ1n) is 4.21. The van der Waals surface area contributed by atoms with Crippen LogP contribution in [0.5, 0.6) is 0 Å². The molecule has 0 spiro atoms. The van der Waals surface area contributed by atoms with E-state index in [1.165, 1.54) is 20.8 Å². The van der Waals surface area contributed by atoms with Crippen molar-refractivity contribution in [3.63, 3.8) is 0 Å². The van der Waals surface area contributed by atoms with Gasteiger partial charge in [0.15, 0.2) is 17.3 Å². The number of carbonyl (C=O) groups excluding carboxylic acids is 3. The molecule has 6 heteroatoms. The summed E-state index contributed by atoms with van der Waals surface area (Å²) in [6, 6.07) is 0. The van der Waals surface area contributed by atoms with E-state index in [0.29, 0.717) is 0 Å². The van der Waals surface area contributed by atoms with Gasteiger partial charge in [-0.15, -0.1) is 10.2 Å². The number of hydrogen-bond donors (Lipinski definition) is 0. The molecule has 1 aromatic heterocycles. The number of Topliss-reactive ketones (excluding diaryl/α,β-unsaturated/α-hetero) is 3. The Morgan fingerprint density at radius 1 is 0.800 bits per heavy atom. The highest BCUT2D eigenvalue weighted by molar-refractivity contribution is 6.12. The minimum Gasteiger partial charge on any atom is -0.294 e. The lowest BCUT2D eigenvalue weighted by molar-refractivity contribution is 0.0960. The molecule has 0 saturated carbocycles. The zero-order valence-electron chi connectivity index (χ0n) is 8.57. The molecule has 0 bridgehead atoms. The average molecular weight is 207 g/mol. The zero-order valence-corrected chi connectivity index (χ0v) is 8.57. The highest BCUT2D eigenvalue weighted by Gasteiger charge is 2.21. The maximum absolute atomic E-state index is 11.3. The summed E-state index contributed by atoms with van der Waals surface area (Å²) >= 11 is 0. The number of nitrogens with zero attached hydrogens (tertiary/aromatic N) is 3. The summed E-state index contributed by atoms with van der Waals surface area (Å²) in [4.78, 5) is 33.6. The molecule has 0 amide bonds. The van der Waals surface area contributed by atoms with E-state index in [2.05, 4.69) is 15.4 Å². The lowest BCUT2D eigenvalue weighted by atomic mass is 10.0. The molecule has 1 rings (SSSR count). The molecule has 0 aliphatic heterocycles. The van der Waals surface area contributed by atoms with Crippen LogP contribution in [0.25, 0.3) is 0 Å². The first-order valence-corrected chi connectivity index (χ1v) is 4.21. The summed E-state index contributed by atoms with van der Waals surface area (Å²) in [7, 11) is 0. The van der Waals surface area contributed by atoms with Crippen LogP contribution in [-0.4, -0.2) is 32.8 Å². The average Bonchev–Trinajstić information content (AvgIpc) is 2.16. The summed E-state index contributed by atoms with van der Waals surface area (Å²) in [5.41, 5.74) is -0.268. The Labute approximate surface area is 85.7 Å². The molecular formula is C9H9N3O3. The van der Waals surface area contributed by atoms with Gasteiger partial charge in [-0.25, -0.2) is 0 Å². The minimum absolute atomic E-state index is 0.0509. The van der Waals surface area contributed by atoms with Gasteiger partial charge in [0.1, 0.15) is 11.4 Å². The third-order valence-electron chi connectivity index (χ3n) is 1.78. The summed E-state index contributed by atoms with van der Waals surface area (Å²) < 4.78 is 0. The molecule has 0 fully saturated rings. The van der Waals surface area contributed by atoms with Crippen LogP contribution in [0.1, 0.15) is 52.1 Å². The molecule has 78 valence electrons. The van der Waals surface area contributed by atoms with Gasteiger partial charge in [0.05, 0.1) is 5.56 Å². The summed E-state index contributed by atoms with van der Waals surface area (Å²) in [5.74, 6) is -1.26. The van der Waals surface area contributed by atoms with Gasteiger partial charge in [0.25, 0.3) is 0 Å². The maximum atomic E-state index is 11.3. The van der Waals surface area contributed by atoms with Gasteiger partial charge in [-0.2, -0.15) is 0 Å². The van der Waals surface area contributed by atoms with Crippen molar-refractivity contribution in [3.05, 3.63) is 17.0 Å². The molecule has 0 aromatic carbocycles. The molecule has 6 nitrogen and oxygen atoms in total. The number of hydrogen-bond acceptors (Lipinski definition) is 6. The third kappa shape index (κ3) is 2.09. The van der Waals surface area contributed by atoms with E-state index >= 15 is 0 Å². The van der Waals surface area contributed by atoms with Gasteiger partial charge in [0, 0.05) is 13.8 Å². The molecular weight excluding hydrogens is 198 g/mol. The second-order valence-electron chi connectivity index (χ2n) is 3.03. The van der Waals surface area contributed by atoms with E-state index in [4.69, 9.17) is 0 Å². The number of aromatic nitrogens is 3. The molecule has 0 unspecified atom stereocenters. The number of carbonyl (C=O) groups is 3. The van der Waals surface area contributed by atoms with E-state index < -0.39 is 17.3 Å². The van der Waals surface area contributed by atoms with Crippen LogP contribution in [0, 0.1) is 0 Å². The Morgan fingerprint density at radius 2 is 1.20 bits per heavy atom. The van der Waals surface area contributed by atoms with E-state index in [0.717, 1.165) is 0 Å². The molecule has 0 aliphatic rings. The van der Waals surface area contributed by atoms with Crippen molar-refractivity contribution in [3.8, 4) is 0 Å². The minimum atomic E-state index is -0.423. The van der Waals surface area contributed by atoms with Gasteiger partial charge >= 0.3 is 0 Å². The normalized spacial score (nSPS) is 9.80. The highest BCUT2D eigenvalue weighted by atomic mass is 16.1. The van der Waals surface area contributed by atoms with Crippen molar-refractivity contribution in [1.82, 2.24) is 15.4 Å². The predicted molar refractivity (Wildman–Crippen MR) is 49.8 cm³/mol. The molecule has 15 heavy (non-hydrogen) atoms. The van der Waals surface area contributed by atoms with Crippen LogP contribution >= 0.6 is 0 Å². The van der Waals surface area contributed by atoms with Gasteiger partial charge in [-0.05, 0) is 12.1 Å². The van der Waals surface area contributed by atoms with Crippen molar-refractivity contribution in [2.75, 3.05) is 0 Å². The van der Waals surface area contributed by atoms with Crippen LogP contribution < -0.4 is 0 Å². The molecule has 0 atom stereocenters. The Balaban J connectivity index is 3.56. The van der Waals surface area contributed by atoms with Crippen molar-refractivity contribution in [2.45, 2.75) is 20.8 Å². The predicted octanol–water partition coefficient (Wildman–Crippen LogP) is 0.479. The van der Waals surface area contributed by atoms with Crippen molar-refractivity contribution < 1.29 is 14.4 Å². The molecule has 0 aliphatic carbocycles. The van der Waals surface area contributed by atoms with Crippen LogP contribution in [-0.2, 0) is 0 Å². The first-order chi connectivity index (χ1) is 6.95. The maximum Gasteiger partial charge on any atom is 0.180 e. The lowest BCUT2D eigenvalue weighted by Crippen LogP contribution is -2.16. The molecule has 0 radical (unpaired) electrons. The monoisotopic (exact) mass is 207 g/mol. The molecule has 1 aromatic rings. The quantitative estimate of drug-likeness (QED) is 0.669. The van der Waals surface area contributed by atoms with Gasteiger partial charge < -0.3 is 0 Å². The fourth-order valence-electron chi connectivity index (χ4n) is 1.15. The second-order valence-corrected chi connectivity index (χ2v) is 3.03. The summed E-state index contributed by atoms with van der Waals surface area (Å²) in [5, 5.41) is 10.2. The zero-order chi connectivity index (χ0) is 11.6. The fourth-order valence-corrected chi connectivity index (χ4v) is 1.15. The highest BCUT2D eigenvalue weighted by Crippen LogP contribution is 2.11. The first kappa shape index (κ1) is 11.1. The standard InChI is InChI=1S/C9H9N3O3/c1-4(13)7-8(5(2)14)10-12-11-9(7)6(3)15/h1-3H3. The Kier molecular flexibility index (Phi) is 2.99. The molecule has 1 heterocycles. The van der Waals surface area contributed by atoms with Gasteiger partial charge in [-0.3, -0.25) is 14.4 Å². The second kappa shape index (κ2) is 4.04. The van der Waals surface area contributed by atoms with Crippen molar-refractivity contribution in [1.29, 1.82) is 0 Å². The topological polar surface area (TPSA) is 89.9 Å². The van der Waals surface area contributed by atoms with Crippen LogP contribution in [0.15, 0.2) is 0 Å². The third-order valence-corrected chi connectivity index (χ3v) is 1.78. The Bertz CT molecular complexity index is 422. The number of ketones is 3. The number of rotatable bonds is 3. The van der Waals surface area contributed by atoms with Crippen LogP contribution in [0.2, 0.25) is 0 Å².